The lowest BCUT2D eigenvalue weighted by molar-refractivity contribution is 1.14. The third kappa shape index (κ3) is 1.09. The summed E-state index contributed by atoms with van der Waals surface area (Å²) in [7, 11) is 0. The van der Waals surface area contributed by atoms with Crippen LogP contribution < -0.4 is 0 Å². The maximum atomic E-state index is 2.16. The molecule has 0 saturated carbocycles. The van der Waals surface area contributed by atoms with Gasteiger partial charge in [-0.1, -0.05) is 37.3 Å². The normalized spacial score (nSPS) is 9.12. The van der Waals surface area contributed by atoms with Gasteiger partial charge in [-0.25, -0.2) is 0 Å². The molecular formula is C8H10. The van der Waals surface area contributed by atoms with Crippen LogP contribution in [0.4, 0.5) is 0 Å². The molecule has 0 atom stereocenters. The van der Waals surface area contributed by atoms with Crippen LogP contribution in [0.5, 0.6) is 0 Å². The first-order valence-corrected chi connectivity index (χ1v) is 2.97. The van der Waals surface area contributed by atoms with Crippen molar-refractivity contribution in [3.63, 3.8) is 0 Å². The quantitative estimate of drug-likeness (QED) is 0.504. The van der Waals surface area contributed by atoms with Gasteiger partial charge in [-0.15, -0.1) is 0 Å². The summed E-state index contributed by atoms with van der Waals surface area (Å²) in [6.45, 7) is 2.16. The second kappa shape index (κ2) is 2.51. The summed E-state index contributed by atoms with van der Waals surface area (Å²) < 4.78 is 0. The number of hydrogen-bond acceptors (Lipinski definition) is 0. The first-order chi connectivity index (χ1) is 3.93. The molecule has 0 heteroatoms. The van der Waals surface area contributed by atoms with Gasteiger partial charge in [0.25, 0.3) is 0 Å². The molecule has 0 heterocycles. The van der Waals surface area contributed by atoms with Crippen molar-refractivity contribution < 1.29 is 0 Å². The van der Waals surface area contributed by atoms with Gasteiger partial charge in [0.1, 0.15) is 0 Å². The van der Waals surface area contributed by atoms with Crippen LogP contribution in [0, 0.1) is 0 Å². The molecule has 0 saturated heterocycles. The molecule has 0 aliphatic rings. The monoisotopic (exact) mass is 97.1 g/mol. The average molecular weight is 97.2 g/mol. The third-order valence-electron chi connectivity index (χ3n) is 1.25. The highest BCUT2D eigenvalue weighted by Gasteiger charge is 1.79. The van der Waals surface area contributed by atoms with Crippen LogP contribution in [0.25, 0.3) is 0 Å². The van der Waals surface area contributed by atoms with Gasteiger partial charge in [0, 0.05) is 0 Å². The highest BCUT2D eigenvalue weighted by Crippen LogP contribution is 1.96. The summed E-state index contributed by atoms with van der Waals surface area (Å²) in [6.07, 6.45) is 1.14. The van der Waals surface area contributed by atoms with Crippen molar-refractivity contribution in [2.24, 2.45) is 0 Å². The molecule has 0 unspecified atom stereocenters. The van der Waals surface area contributed by atoms with Crippen LogP contribution in [0.2, 0.25) is 0 Å². The van der Waals surface area contributed by atoms with E-state index in [-0.39, 0.29) is 0 Å². The Morgan fingerprint density at radius 3 is 2.12 bits per heavy atom. The van der Waals surface area contributed by atoms with Crippen LogP contribution in [-0.2, 0) is 6.42 Å². The predicted molar refractivity (Wildman–Crippen MR) is 35.8 cm³/mol. The Kier molecular flexibility index (Phi) is 1.68. The largest absolute Gasteiger partial charge is 0.0622 e. The smallest absolute Gasteiger partial charge is 0.0307 e. The lowest BCUT2D eigenvalue weighted by Gasteiger charge is -1.89. The van der Waals surface area contributed by atoms with Crippen LogP contribution in [0.3, 0.4) is 0 Å². The SMILES string of the molecule is [3CH3]Cc1ccccc1. The summed E-state index contributed by atoms with van der Waals surface area (Å²) >= 11 is 0. The molecule has 0 fully saturated rings. The van der Waals surface area contributed by atoms with Crippen LogP contribution in [-0.4, -0.2) is 0 Å². The van der Waals surface area contributed by atoms with Gasteiger partial charge in [-0.05, 0) is 12.0 Å². The van der Waals surface area contributed by atoms with E-state index in [2.05, 4.69) is 31.2 Å². The highest BCUT2D eigenvalue weighted by molar-refractivity contribution is 5.13. The minimum atomic E-state index is 1.14. The Balaban J connectivity index is 2.83. The van der Waals surface area contributed by atoms with Crippen molar-refractivity contribution in [3.8, 4) is 0 Å². The van der Waals surface area contributed by atoms with Crippen LogP contribution in [0.1, 0.15) is 12.5 Å². The summed E-state index contributed by atoms with van der Waals surface area (Å²) in [6, 6.07) is 10.5. The fourth-order valence-electron chi connectivity index (χ4n) is 0.714. The molecule has 1 aromatic rings. The average Bonchev–Trinajstić information content (AvgIpc) is 1.90. The lowest BCUT2D eigenvalue weighted by atomic mass is 2.89. The minimum absolute atomic E-state index is 1.14. The van der Waals surface area contributed by atoms with E-state index in [1.165, 1.54) is 5.56 Å². The number of benzene rings is 1. The first kappa shape index (κ1) is 5.36. The van der Waals surface area contributed by atoms with Crippen LogP contribution in [0.15, 0.2) is 30.3 Å². The van der Waals surface area contributed by atoms with E-state index in [4.69, 9.17) is 0 Å². The molecule has 1 rings (SSSR count). The van der Waals surface area contributed by atoms with Gasteiger partial charge < -0.3 is 0 Å². The summed E-state index contributed by atoms with van der Waals surface area (Å²) in [5.74, 6) is 0. The zero-order valence-electron chi connectivity index (χ0n) is 5.09. The van der Waals surface area contributed by atoms with Gasteiger partial charge in [0.05, 0.1) is 0 Å². The molecule has 0 amide bonds. The molecule has 0 bridgehead atoms. The molecule has 0 nitrogen and oxygen atoms in total. The second-order valence-corrected chi connectivity index (χ2v) is 1.84. The molecule has 1 aromatic carbocycles. The maximum absolute atomic E-state index is 2.16. The van der Waals surface area contributed by atoms with Crippen molar-refractivity contribution in [2.75, 3.05) is 0 Å². The topological polar surface area (TPSA) is 0 Å². The molecule has 0 spiro atoms. The van der Waals surface area contributed by atoms with E-state index in [1.54, 1.807) is 0 Å². The van der Waals surface area contributed by atoms with Crippen molar-refractivity contribution in [2.45, 2.75) is 13.3 Å². The number of hydrogen-bond donors (Lipinski definition) is 0. The highest BCUT2D eigenvalue weighted by atomic mass is 13.8. The molecule has 42 valence electrons. The maximum Gasteiger partial charge on any atom is -0.0307 e. The van der Waals surface area contributed by atoms with Crippen molar-refractivity contribution in [3.05, 3.63) is 35.9 Å². The first-order valence-electron chi connectivity index (χ1n) is 2.97. The molecule has 8 heavy (non-hydrogen) atoms. The zero-order chi connectivity index (χ0) is 5.82. The zero-order valence-corrected chi connectivity index (χ0v) is 5.09. The number of aryl methyl sites for hydroxylation is 1. The van der Waals surface area contributed by atoms with Gasteiger partial charge in [0.15, 0.2) is 0 Å². The standard InChI is InChI=1S/C8H10/c1-2-8-6-4-3-5-7-8/h3-7H,2H2,1H3/i1-9. The van der Waals surface area contributed by atoms with Gasteiger partial charge >= 0.3 is 0 Å². The van der Waals surface area contributed by atoms with E-state index < -0.39 is 0 Å². The fraction of sp³-hybridized carbons (Fsp3) is 0.250. The molecule has 0 N–H and O–H groups in total. The fourth-order valence-corrected chi connectivity index (χ4v) is 0.714. The second-order valence-electron chi connectivity index (χ2n) is 1.84. The Labute approximate surface area is 50.2 Å². The number of rotatable bonds is 1. The Morgan fingerprint density at radius 1 is 1.12 bits per heavy atom. The van der Waals surface area contributed by atoms with E-state index in [0.29, 0.717) is 0 Å². The van der Waals surface area contributed by atoms with Crippen LogP contribution >= 0.6 is 0 Å². The summed E-state index contributed by atoms with van der Waals surface area (Å²) in [5, 5.41) is 0. The molecule has 0 aliphatic heterocycles. The van der Waals surface area contributed by atoms with Gasteiger partial charge in [-0.3, -0.25) is 0 Å². The predicted octanol–water partition coefficient (Wildman–Crippen LogP) is 2.25. The Hall–Kier alpha value is -0.780. The van der Waals surface area contributed by atoms with E-state index in [0.717, 1.165) is 6.42 Å². The minimum Gasteiger partial charge on any atom is -0.0622 e. The third-order valence-corrected chi connectivity index (χ3v) is 1.25. The van der Waals surface area contributed by atoms with Gasteiger partial charge in [0.2, 0.25) is 0 Å². The summed E-state index contributed by atoms with van der Waals surface area (Å²) in [4.78, 5) is 0. The van der Waals surface area contributed by atoms with Crippen molar-refractivity contribution in [1.82, 2.24) is 0 Å². The lowest BCUT2D eigenvalue weighted by Crippen LogP contribution is -1.73. The molecule has 0 aliphatic carbocycles. The molecular weight excluding hydrogens is 87.1 g/mol. The van der Waals surface area contributed by atoms with Crippen molar-refractivity contribution in [1.29, 1.82) is 0 Å². The van der Waals surface area contributed by atoms with E-state index in [9.17, 15) is 0 Å². The van der Waals surface area contributed by atoms with E-state index in [1.807, 2.05) is 6.07 Å². The summed E-state index contributed by atoms with van der Waals surface area (Å²) in [5.41, 5.74) is 1.41. The van der Waals surface area contributed by atoms with Gasteiger partial charge in [-0.2, -0.15) is 0 Å². The van der Waals surface area contributed by atoms with E-state index >= 15 is 0 Å². The Bertz CT molecular complexity index is 141. The Morgan fingerprint density at radius 2 is 1.75 bits per heavy atom. The molecule has 0 aromatic heterocycles. The molecule has 0 radical (unpaired) electrons. The van der Waals surface area contributed by atoms with Crippen molar-refractivity contribution >= 4 is 0 Å².